The van der Waals surface area contributed by atoms with Gasteiger partial charge in [0.2, 0.25) is 5.95 Å². The number of nitrogens with zero attached hydrogens (tertiary/aromatic N) is 3. The number of nitrogens with one attached hydrogen (secondary N) is 1. The number of anilines is 2. The molecule has 1 aromatic heterocycles. The van der Waals surface area contributed by atoms with E-state index >= 15 is 0 Å². The van der Waals surface area contributed by atoms with E-state index in [1.807, 2.05) is 24.3 Å². The van der Waals surface area contributed by atoms with Crippen LogP contribution in [0, 0.1) is 12.8 Å². The van der Waals surface area contributed by atoms with Crippen LogP contribution in [0.5, 0.6) is 0 Å². The van der Waals surface area contributed by atoms with Crippen molar-refractivity contribution in [3.8, 4) is 0 Å². The van der Waals surface area contributed by atoms with Crippen molar-refractivity contribution in [2.75, 3.05) is 18.5 Å². The molecule has 0 unspecified atom stereocenters. The molecular weight excluding hydrogens is 260 g/mol. The molecule has 0 saturated carbocycles. The summed E-state index contributed by atoms with van der Waals surface area (Å²) in [6.45, 7) is 8.29. The van der Waals surface area contributed by atoms with E-state index in [4.69, 9.17) is 0 Å². The lowest BCUT2D eigenvalue weighted by atomic mass is 10.2. The number of aryl methyl sites for hydroxylation is 1. The molecule has 0 atom stereocenters. The van der Waals surface area contributed by atoms with E-state index in [0.717, 1.165) is 24.3 Å². The van der Waals surface area contributed by atoms with Crippen molar-refractivity contribution < 1.29 is 0 Å². The van der Waals surface area contributed by atoms with Crippen molar-refractivity contribution in [1.82, 2.24) is 15.3 Å². The Morgan fingerprint density at radius 1 is 1.10 bits per heavy atom. The molecule has 2 aromatic rings. The van der Waals surface area contributed by atoms with Gasteiger partial charge in [0.15, 0.2) is 0 Å². The normalized spacial score (nSPS) is 10.9. The fourth-order valence-corrected chi connectivity index (χ4v) is 2.00. The molecule has 21 heavy (non-hydrogen) atoms. The van der Waals surface area contributed by atoms with Gasteiger partial charge in [-0.25, -0.2) is 9.97 Å². The molecule has 1 heterocycles. The lowest BCUT2D eigenvalue weighted by molar-refractivity contribution is 0.551. The highest BCUT2D eigenvalue weighted by Gasteiger charge is 2.06. The van der Waals surface area contributed by atoms with E-state index in [2.05, 4.69) is 60.3 Å². The van der Waals surface area contributed by atoms with Crippen molar-refractivity contribution in [2.45, 2.75) is 27.3 Å². The molecule has 0 aliphatic carbocycles. The molecule has 4 heteroatoms. The van der Waals surface area contributed by atoms with E-state index in [0.29, 0.717) is 11.9 Å². The minimum Gasteiger partial charge on any atom is -0.314 e. The van der Waals surface area contributed by atoms with Crippen molar-refractivity contribution >= 4 is 11.6 Å². The minimum absolute atomic E-state index is 0.651. The Balaban J connectivity index is 1.99. The van der Waals surface area contributed by atoms with Crippen LogP contribution < -0.4 is 10.2 Å². The maximum atomic E-state index is 4.45. The fourth-order valence-electron chi connectivity index (χ4n) is 2.00. The molecule has 2 rings (SSSR count). The first kappa shape index (κ1) is 15.4. The lowest BCUT2D eigenvalue weighted by Gasteiger charge is -2.17. The molecule has 0 amide bonds. The van der Waals surface area contributed by atoms with Gasteiger partial charge in [0, 0.05) is 37.2 Å². The monoisotopic (exact) mass is 284 g/mol. The van der Waals surface area contributed by atoms with E-state index in [1.54, 1.807) is 0 Å². The second kappa shape index (κ2) is 7.18. The molecule has 0 aliphatic heterocycles. The third-order valence-electron chi connectivity index (χ3n) is 3.29. The fraction of sp³-hybridized carbons (Fsp3) is 0.412. The molecule has 0 aliphatic rings. The molecule has 0 saturated heterocycles. The highest BCUT2D eigenvalue weighted by molar-refractivity contribution is 5.56. The van der Waals surface area contributed by atoms with Crippen molar-refractivity contribution in [2.24, 2.45) is 5.92 Å². The second-order valence-corrected chi connectivity index (χ2v) is 5.81. The van der Waals surface area contributed by atoms with E-state index in [-0.39, 0.29) is 0 Å². The summed E-state index contributed by atoms with van der Waals surface area (Å²) in [6.07, 6.45) is 3.78. The second-order valence-electron chi connectivity index (χ2n) is 5.81. The minimum atomic E-state index is 0.651. The summed E-state index contributed by atoms with van der Waals surface area (Å²) in [4.78, 5) is 10.9. The molecule has 1 N–H and O–H groups in total. The molecule has 1 aromatic carbocycles. The van der Waals surface area contributed by atoms with Crippen LogP contribution in [0.1, 0.15) is 25.0 Å². The number of aromatic nitrogens is 2. The van der Waals surface area contributed by atoms with Gasteiger partial charge in [0.05, 0.1) is 0 Å². The molecular formula is C17H24N4. The zero-order valence-corrected chi connectivity index (χ0v) is 13.3. The quantitative estimate of drug-likeness (QED) is 0.883. The summed E-state index contributed by atoms with van der Waals surface area (Å²) in [7, 11) is 1.98. The molecule has 0 bridgehead atoms. The van der Waals surface area contributed by atoms with Gasteiger partial charge in [-0.15, -0.1) is 0 Å². The van der Waals surface area contributed by atoms with Crippen LogP contribution >= 0.6 is 0 Å². The van der Waals surface area contributed by atoms with Gasteiger partial charge in [0.25, 0.3) is 0 Å². The first-order valence-electron chi connectivity index (χ1n) is 7.38. The third kappa shape index (κ3) is 4.53. The summed E-state index contributed by atoms with van der Waals surface area (Å²) in [5, 5.41) is 3.39. The summed E-state index contributed by atoms with van der Waals surface area (Å²) >= 11 is 0. The summed E-state index contributed by atoms with van der Waals surface area (Å²) < 4.78 is 0. The average Bonchev–Trinajstić information content (AvgIpc) is 2.48. The standard InChI is InChI=1S/C17H24N4/c1-13(2)9-18-10-15-11-19-17(20-12-15)21(4)16-7-5-14(3)6-8-16/h5-8,11-13,18H,9-10H2,1-4H3. The van der Waals surface area contributed by atoms with Crippen molar-refractivity contribution in [3.05, 3.63) is 47.8 Å². The van der Waals surface area contributed by atoms with Crippen LogP contribution in [0.3, 0.4) is 0 Å². The molecule has 4 nitrogen and oxygen atoms in total. The Labute approximate surface area is 127 Å². The third-order valence-corrected chi connectivity index (χ3v) is 3.29. The van der Waals surface area contributed by atoms with E-state index in [1.165, 1.54) is 5.56 Å². The van der Waals surface area contributed by atoms with Crippen molar-refractivity contribution in [3.63, 3.8) is 0 Å². The Hall–Kier alpha value is -1.94. The van der Waals surface area contributed by atoms with Crippen LogP contribution in [0.15, 0.2) is 36.7 Å². The maximum Gasteiger partial charge on any atom is 0.229 e. The molecule has 112 valence electrons. The number of rotatable bonds is 6. The Kier molecular flexibility index (Phi) is 5.28. The largest absolute Gasteiger partial charge is 0.314 e. The Bertz CT molecular complexity index is 546. The predicted octanol–water partition coefficient (Wildman–Crippen LogP) is 3.30. The van der Waals surface area contributed by atoms with Crippen LogP contribution in [-0.4, -0.2) is 23.6 Å². The van der Waals surface area contributed by atoms with Gasteiger partial charge in [-0.05, 0) is 31.5 Å². The first-order valence-corrected chi connectivity index (χ1v) is 7.38. The number of hydrogen-bond donors (Lipinski definition) is 1. The van der Waals surface area contributed by atoms with Crippen LogP contribution in [-0.2, 0) is 6.54 Å². The molecule has 0 spiro atoms. The number of hydrogen-bond acceptors (Lipinski definition) is 4. The van der Waals surface area contributed by atoms with Gasteiger partial charge in [-0.2, -0.15) is 0 Å². The average molecular weight is 284 g/mol. The predicted molar refractivity (Wildman–Crippen MR) is 87.8 cm³/mol. The summed E-state index contributed by atoms with van der Waals surface area (Å²) in [6, 6.07) is 8.35. The Morgan fingerprint density at radius 2 is 1.71 bits per heavy atom. The lowest BCUT2D eigenvalue weighted by Crippen LogP contribution is -2.19. The topological polar surface area (TPSA) is 41.1 Å². The van der Waals surface area contributed by atoms with Gasteiger partial charge in [-0.3, -0.25) is 0 Å². The van der Waals surface area contributed by atoms with Gasteiger partial charge in [-0.1, -0.05) is 31.5 Å². The van der Waals surface area contributed by atoms with Gasteiger partial charge < -0.3 is 10.2 Å². The SMILES string of the molecule is Cc1ccc(N(C)c2ncc(CNCC(C)C)cn2)cc1. The smallest absolute Gasteiger partial charge is 0.229 e. The van der Waals surface area contributed by atoms with Crippen LogP contribution in [0.25, 0.3) is 0 Å². The zero-order chi connectivity index (χ0) is 15.2. The van der Waals surface area contributed by atoms with Crippen molar-refractivity contribution in [1.29, 1.82) is 0 Å². The van der Waals surface area contributed by atoms with Crippen LogP contribution in [0.2, 0.25) is 0 Å². The van der Waals surface area contributed by atoms with E-state index in [9.17, 15) is 0 Å². The number of benzene rings is 1. The summed E-state index contributed by atoms with van der Waals surface area (Å²) in [5.41, 5.74) is 3.45. The first-order chi connectivity index (χ1) is 10.1. The highest BCUT2D eigenvalue weighted by atomic mass is 15.2. The summed E-state index contributed by atoms with van der Waals surface area (Å²) in [5.74, 6) is 1.37. The van der Waals surface area contributed by atoms with Crippen LogP contribution in [0.4, 0.5) is 11.6 Å². The molecule has 0 fully saturated rings. The van der Waals surface area contributed by atoms with Gasteiger partial charge >= 0.3 is 0 Å². The molecule has 0 radical (unpaired) electrons. The zero-order valence-electron chi connectivity index (χ0n) is 13.3. The maximum absolute atomic E-state index is 4.45. The van der Waals surface area contributed by atoms with E-state index < -0.39 is 0 Å². The highest BCUT2D eigenvalue weighted by Crippen LogP contribution is 2.19. The Morgan fingerprint density at radius 3 is 2.29 bits per heavy atom. The van der Waals surface area contributed by atoms with Gasteiger partial charge in [0.1, 0.15) is 0 Å².